The number of hydrogen-bond donors (Lipinski definition) is 2. The number of carboxylic acid groups (broad SMARTS) is 1. The molecule has 4 unspecified atom stereocenters. The summed E-state index contributed by atoms with van der Waals surface area (Å²) in [7, 11) is -2.23. The van der Waals surface area contributed by atoms with E-state index in [1.807, 2.05) is 38.8 Å². The minimum atomic E-state index is -2.37. The predicted molar refractivity (Wildman–Crippen MR) is 101 cm³/mol. The Balaban J connectivity index is 2.35. The van der Waals surface area contributed by atoms with Crippen LogP contribution in [0.3, 0.4) is 0 Å². The number of alkyl halides is 1. The molecule has 1 aliphatic rings. The van der Waals surface area contributed by atoms with Gasteiger partial charge in [0.05, 0.1) is 6.61 Å². The van der Waals surface area contributed by atoms with Gasteiger partial charge < -0.3 is 19.0 Å². The van der Waals surface area contributed by atoms with Crippen molar-refractivity contribution < 1.29 is 28.2 Å². The van der Waals surface area contributed by atoms with Gasteiger partial charge in [-0.2, -0.15) is 0 Å². The molecule has 0 aliphatic carbocycles. The van der Waals surface area contributed by atoms with E-state index in [0.29, 0.717) is 0 Å². The van der Waals surface area contributed by atoms with Crippen LogP contribution in [0.5, 0.6) is 0 Å². The number of hydrogen-bond acceptors (Lipinski definition) is 6. The van der Waals surface area contributed by atoms with Gasteiger partial charge >= 0.3 is 11.8 Å². The van der Waals surface area contributed by atoms with Crippen molar-refractivity contribution in [3.05, 3.63) is 33.1 Å². The number of halogens is 1. The summed E-state index contributed by atoms with van der Waals surface area (Å²) in [6.07, 6.45) is -4.64. The van der Waals surface area contributed by atoms with E-state index in [4.69, 9.17) is 19.0 Å². The average molecular weight is 418 g/mol. The summed E-state index contributed by atoms with van der Waals surface area (Å²) in [6.45, 7) is 11.1. The molecule has 0 radical (unpaired) electrons. The highest BCUT2D eigenvalue weighted by Gasteiger charge is 2.58. The zero-order valence-electron chi connectivity index (χ0n) is 16.8. The maximum atomic E-state index is 15.6. The highest BCUT2D eigenvalue weighted by atomic mass is 28.4. The molecule has 28 heavy (non-hydrogen) atoms. The second kappa shape index (κ2) is 7.45. The Morgan fingerprint density at radius 3 is 2.54 bits per heavy atom. The van der Waals surface area contributed by atoms with Crippen LogP contribution in [0.4, 0.5) is 9.18 Å². The van der Waals surface area contributed by atoms with Gasteiger partial charge in [-0.05, 0) is 25.1 Å². The van der Waals surface area contributed by atoms with E-state index < -0.39 is 49.8 Å². The molecular formula is C17H27FN2O7Si. The van der Waals surface area contributed by atoms with Gasteiger partial charge in [-0.15, -0.1) is 0 Å². The van der Waals surface area contributed by atoms with E-state index in [-0.39, 0.29) is 11.6 Å². The molecule has 11 heteroatoms. The fourth-order valence-electron chi connectivity index (χ4n) is 2.76. The molecule has 2 rings (SSSR count). The summed E-state index contributed by atoms with van der Waals surface area (Å²) in [5.74, 6) is 0. The first-order valence-electron chi connectivity index (χ1n) is 8.86. The van der Waals surface area contributed by atoms with Crippen LogP contribution < -0.4 is 11.2 Å². The molecule has 1 aromatic heterocycles. The fraction of sp³-hybridized carbons (Fsp3) is 0.706. The Bertz CT molecular complexity index is 843. The summed E-state index contributed by atoms with van der Waals surface area (Å²) in [5, 5.41) is 8.91. The number of carbonyl (C=O) groups is 1. The lowest BCUT2D eigenvalue weighted by Gasteiger charge is -2.37. The van der Waals surface area contributed by atoms with E-state index in [9.17, 15) is 14.4 Å². The molecule has 0 spiro atoms. The standard InChI is InChI=1S/C17H27FN2O7Si/c1-16(2,3)28(5,6)25-9-10-12(27-15(23)24)17(4,18)13(26-10)20-8-7-11(21)19-14(20)22/h7-8,10,12-13H,9H2,1-6H3,(H,23,24)(H,19,21,22). The predicted octanol–water partition coefficient (Wildman–Crippen LogP) is 2.25. The van der Waals surface area contributed by atoms with Gasteiger partial charge in [0.15, 0.2) is 26.3 Å². The third-order valence-electron chi connectivity index (χ3n) is 5.43. The monoisotopic (exact) mass is 418 g/mol. The molecule has 4 atom stereocenters. The van der Waals surface area contributed by atoms with Crippen molar-refractivity contribution in [1.29, 1.82) is 0 Å². The van der Waals surface area contributed by atoms with Crippen molar-refractivity contribution in [3.8, 4) is 0 Å². The first-order chi connectivity index (χ1) is 12.7. The minimum Gasteiger partial charge on any atom is -0.450 e. The third-order valence-corrected chi connectivity index (χ3v) is 9.93. The topological polar surface area (TPSA) is 120 Å². The third kappa shape index (κ3) is 4.36. The van der Waals surface area contributed by atoms with Crippen LogP contribution in [0.15, 0.2) is 21.9 Å². The van der Waals surface area contributed by atoms with Crippen LogP contribution >= 0.6 is 0 Å². The maximum absolute atomic E-state index is 15.6. The summed E-state index contributed by atoms with van der Waals surface area (Å²) in [4.78, 5) is 36.5. The maximum Gasteiger partial charge on any atom is 0.506 e. The van der Waals surface area contributed by atoms with Gasteiger partial charge in [0.25, 0.3) is 5.56 Å². The lowest BCUT2D eigenvalue weighted by Crippen LogP contribution is -2.48. The zero-order chi connectivity index (χ0) is 21.5. The first kappa shape index (κ1) is 22.3. The van der Waals surface area contributed by atoms with E-state index in [1.54, 1.807) is 0 Å². The Kier molecular flexibility index (Phi) is 5.93. The van der Waals surface area contributed by atoms with Gasteiger partial charge in [0, 0.05) is 12.3 Å². The van der Waals surface area contributed by atoms with Gasteiger partial charge in [0.2, 0.25) is 0 Å². The molecule has 158 valence electrons. The number of ether oxygens (including phenoxy) is 2. The zero-order valence-corrected chi connectivity index (χ0v) is 17.8. The number of H-pyrrole nitrogens is 1. The lowest BCUT2D eigenvalue weighted by molar-refractivity contribution is -0.0597. The molecule has 1 aliphatic heterocycles. The SMILES string of the molecule is CC1(F)C(OC(=O)O)C(CO[Si](C)(C)C(C)(C)C)OC1n1ccc(=O)[nH]c1=O. The van der Waals surface area contributed by atoms with Crippen molar-refractivity contribution in [2.75, 3.05) is 6.61 Å². The normalized spacial score (nSPS) is 28.3. The fourth-order valence-corrected chi connectivity index (χ4v) is 3.77. The molecule has 1 fully saturated rings. The molecule has 1 aromatic rings. The van der Waals surface area contributed by atoms with Crippen molar-refractivity contribution in [2.24, 2.45) is 0 Å². The van der Waals surface area contributed by atoms with E-state index >= 15 is 4.39 Å². The van der Waals surface area contributed by atoms with Gasteiger partial charge in [-0.3, -0.25) is 14.3 Å². The summed E-state index contributed by atoms with van der Waals surface area (Å²) in [6, 6.07) is 1.05. The summed E-state index contributed by atoms with van der Waals surface area (Å²) in [5.41, 5.74) is -3.89. The second-order valence-electron chi connectivity index (χ2n) is 8.57. The van der Waals surface area contributed by atoms with Crippen LogP contribution in [0.2, 0.25) is 18.1 Å². The highest BCUT2D eigenvalue weighted by molar-refractivity contribution is 6.74. The van der Waals surface area contributed by atoms with Crippen LogP contribution in [0, 0.1) is 0 Å². The van der Waals surface area contributed by atoms with Gasteiger partial charge in [0.1, 0.15) is 6.10 Å². The Morgan fingerprint density at radius 2 is 2.04 bits per heavy atom. The van der Waals surface area contributed by atoms with E-state index in [0.717, 1.165) is 23.8 Å². The van der Waals surface area contributed by atoms with E-state index in [2.05, 4.69) is 0 Å². The molecule has 2 N–H and O–H groups in total. The van der Waals surface area contributed by atoms with Gasteiger partial charge in [-0.1, -0.05) is 20.8 Å². The molecular weight excluding hydrogens is 391 g/mol. The van der Waals surface area contributed by atoms with Crippen LogP contribution in [0.1, 0.15) is 33.9 Å². The van der Waals surface area contributed by atoms with Crippen molar-refractivity contribution in [1.82, 2.24) is 9.55 Å². The van der Waals surface area contributed by atoms with Crippen molar-refractivity contribution >= 4 is 14.5 Å². The molecule has 0 saturated carbocycles. The summed E-state index contributed by atoms with van der Waals surface area (Å²) >= 11 is 0. The first-order valence-corrected chi connectivity index (χ1v) is 11.8. The van der Waals surface area contributed by atoms with Gasteiger partial charge in [-0.25, -0.2) is 14.0 Å². The molecule has 1 saturated heterocycles. The average Bonchev–Trinajstić information content (AvgIpc) is 2.75. The van der Waals surface area contributed by atoms with Crippen LogP contribution in [0.25, 0.3) is 0 Å². The number of nitrogens with zero attached hydrogens (tertiary/aromatic N) is 1. The lowest BCUT2D eigenvalue weighted by atomic mass is 9.98. The minimum absolute atomic E-state index is 0.0947. The number of nitrogens with one attached hydrogen (secondary N) is 1. The van der Waals surface area contributed by atoms with Crippen molar-refractivity contribution in [3.63, 3.8) is 0 Å². The smallest absolute Gasteiger partial charge is 0.450 e. The number of rotatable bonds is 5. The molecule has 0 aromatic carbocycles. The second-order valence-corrected chi connectivity index (χ2v) is 13.4. The highest BCUT2D eigenvalue weighted by Crippen LogP contribution is 2.43. The largest absolute Gasteiger partial charge is 0.506 e. The quantitative estimate of drug-likeness (QED) is 0.556. The number of aromatic amines is 1. The van der Waals surface area contributed by atoms with Crippen molar-refractivity contribution in [2.45, 2.75) is 69.9 Å². The molecule has 0 bridgehead atoms. The van der Waals surface area contributed by atoms with Crippen LogP contribution in [-0.4, -0.2) is 53.6 Å². The Morgan fingerprint density at radius 1 is 1.43 bits per heavy atom. The Hall–Kier alpha value is -1.98. The van der Waals surface area contributed by atoms with E-state index in [1.165, 1.54) is 0 Å². The molecule has 9 nitrogen and oxygen atoms in total. The molecule has 0 amide bonds. The summed E-state index contributed by atoms with van der Waals surface area (Å²) < 4.78 is 32.9. The number of aromatic nitrogens is 2. The Labute approximate surface area is 162 Å². The van der Waals surface area contributed by atoms with Crippen LogP contribution in [-0.2, 0) is 13.9 Å². The molecule has 2 heterocycles.